The number of hydrogen-bond acceptors (Lipinski definition) is 4. The summed E-state index contributed by atoms with van der Waals surface area (Å²) in [5.74, 6) is 0.393. The van der Waals surface area contributed by atoms with Gasteiger partial charge in [0.15, 0.2) is 0 Å². The van der Waals surface area contributed by atoms with Crippen molar-refractivity contribution >= 4 is 21.6 Å². The van der Waals surface area contributed by atoms with Gasteiger partial charge >= 0.3 is 0 Å². The molecule has 6 nitrogen and oxygen atoms in total. The highest BCUT2D eigenvalue weighted by atomic mass is 32.2. The average molecular weight is 467 g/mol. The van der Waals surface area contributed by atoms with Crippen molar-refractivity contribution < 1.29 is 17.9 Å². The fourth-order valence-corrected chi connectivity index (χ4v) is 4.38. The van der Waals surface area contributed by atoms with Crippen LogP contribution in [-0.4, -0.2) is 33.7 Å². The zero-order valence-corrected chi connectivity index (χ0v) is 19.8. The zero-order valence-electron chi connectivity index (χ0n) is 19.0. The van der Waals surface area contributed by atoms with E-state index in [4.69, 9.17) is 4.74 Å². The molecule has 0 aliphatic carbocycles. The van der Waals surface area contributed by atoms with E-state index in [1.54, 1.807) is 24.3 Å². The molecule has 3 rings (SSSR count). The lowest BCUT2D eigenvalue weighted by atomic mass is 10.1. The molecule has 0 saturated carbocycles. The third-order valence-electron chi connectivity index (χ3n) is 5.11. The topological polar surface area (TPSA) is 75.7 Å². The summed E-state index contributed by atoms with van der Waals surface area (Å²) in [6, 6.07) is 23.9. The lowest BCUT2D eigenvalue weighted by Crippen LogP contribution is -2.33. The number of amides is 1. The molecule has 1 N–H and O–H groups in total. The summed E-state index contributed by atoms with van der Waals surface area (Å²) in [4.78, 5) is 12.9. The van der Waals surface area contributed by atoms with Crippen molar-refractivity contribution in [1.82, 2.24) is 5.32 Å². The first-order valence-electron chi connectivity index (χ1n) is 11.0. The third-order valence-corrected chi connectivity index (χ3v) is 6.23. The van der Waals surface area contributed by atoms with Gasteiger partial charge in [-0.3, -0.25) is 9.10 Å². The van der Waals surface area contributed by atoms with Gasteiger partial charge in [0, 0.05) is 0 Å². The van der Waals surface area contributed by atoms with Gasteiger partial charge in [-0.05, 0) is 41.8 Å². The van der Waals surface area contributed by atoms with Crippen LogP contribution < -0.4 is 14.4 Å². The Morgan fingerprint density at radius 3 is 2.24 bits per heavy atom. The summed E-state index contributed by atoms with van der Waals surface area (Å²) < 4.78 is 32.1. The van der Waals surface area contributed by atoms with Gasteiger partial charge in [0.1, 0.15) is 12.4 Å². The van der Waals surface area contributed by atoms with E-state index in [2.05, 4.69) is 12.2 Å². The third kappa shape index (κ3) is 7.08. The Bertz CT molecular complexity index is 1150. The molecule has 0 aliphatic heterocycles. The molecular formula is C26H30N2O4S. The van der Waals surface area contributed by atoms with Crippen LogP contribution in [0.5, 0.6) is 5.75 Å². The maximum Gasteiger partial charge on any atom is 0.253 e. The molecule has 0 unspecified atom stereocenters. The Hall–Kier alpha value is -3.32. The molecule has 0 heterocycles. The fourth-order valence-electron chi connectivity index (χ4n) is 3.48. The molecular weight excluding hydrogens is 436 g/mol. The number of hydrogen-bond donors (Lipinski definition) is 1. The predicted molar refractivity (Wildman–Crippen MR) is 132 cm³/mol. The number of benzene rings is 3. The van der Waals surface area contributed by atoms with Gasteiger partial charge in [0.2, 0.25) is 10.0 Å². The maximum atomic E-state index is 12.9. The molecule has 3 aromatic carbocycles. The fraction of sp³-hybridized carbons (Fsp3) is 0.269. The summed E-state index contributed by atoms with van der Waals surface area (Å²) in [5, 5.41) is 2.83. The number of sulfonamides is 1. The van der Waals surface area contributed by atoms with Gasteiger partial charge in [0.05, 0.1) is 30.6 Å². The second-order valence-corrected chi connectivity index (χ2v) is 9.68. The summed E-state index contributed by atoms with van der Waals surface area (Å²) in [6.07, 6.45) is 3.27. The molecule has 3 aromatic rings. The Morgan fingerprint density at radius 1 is 0.909 bits per heavy atom. The maximum absolute atomic E-state index is 12.9. The minimum absolute atomic E-state index is 0.140. The van der Waals surface area contributed by atoms with Crippen LogP contribution in [-0.2, 0) is 23.0 Å². The van der Waals surface area contributed by atoms with Gasteiger partial charge in [0.25, 0.3) is 5.91 Å². The van der Waals surface area contributed by atoms with Gasteiger partial charge in [-0.2, -0.15) is 0 Å². The number of aryl methyl sites for hydroxylation is 1. The minimum atomic E-state index is -3.61. The van der Waals surface area contributed by atoms with Crippen LogP contribution in [0.4, 0.5) is 5.69 Å². The van der Waals surface area contributed by atoms with E-state index in [1.807, 2.05) is 54.6 Å². The standard InChI is InChI=1S/C26H30N2O4S/c1-3-9-21-14-16-23(17-15-21)32-19-18-27-26(29)24-12-7-8-13-25(24)28(33(2,30)31)20-22-10-5-4-6-11-22/h4-8,10-17H,3,9,18-20H2,1-2H3,(H,27,29). The molecule has 0 saturated heterocycles. The minimum Gasteiger partial charge on any atom is -0.492 e. The van der Waals surface area contributed by atoms with Gasteiger partial charge in [-0.15, -0.1) is 0 Å². The second-order valence-electron chi connectivity index (χ2n) is 7.77. The van der Waals surface area contributed by atoms with E-state index in [0.29, 0.717) is 24.4 Å². The first kappa shape index (κ1) is 24.3. The van der Waals surface area contributed by atoms with Gasteiger partial charge in [-0.25, -0.2) is 8.42 Å². The number of carbonyl (C=O) groups is 1. The predicted octanol–water partition coefficient (Wildman–Crippen LogP) is 4.41. The van der Waals surface area contributed by atoms with Crippen LogP contribution in [0.1, 0.15) is 34.8 Å². The number of carbonyl (C=O) groups excluding carboxylic acids is 1. The van der Waals surface area contributed by atoms with Crippen LogP contribution in [0.3, 0.4) is 0 Å². The molecule has 0 fully saturated rings. The van der Waals surface area contributed by atoms with Gasteiger partial charge in [-0.1, -0.05) is 67.9 Å². The van der Waals surface area contributed by atoms with Crippen molar-refractivity contribution in [3.63, 3.8) is 0 Å². The SMILES string of the molecule is CCCc1ccc(OCCNC(=O)c2ccccc2N(Cc2ccccc2)S(C)(=O)=O)cc1. The zero-order chi connectivity index (χ0) is 23.7. The smallest absolute Gasteiger partial charge is 0.253 e. The van der Waals surface area contributed by atoms with Crippen molar-refractivity contribution in [3.05, 3.63) is 95.6 Å². The Morgan fingerprint density at radius 2 is 1.58 bits per heavy atom. The average Bonchev–Trinajstić information content (AvgIpc) is 2.81. The Kier molecular flexibility index (Phi) is 8.49. The van der Waals surface area contributed by atoms with Crippen LogP contribution >= 0.6 is 0 Å². The van der Waals surface area contributed by atoms with Crippen molar-refractivity contribution in [2.24, 2.45) is 0 Å². The van der Waals surface area contributed by atoms with Crippen LogP contribution in [0, 0.1) is 0 Å². The molecule has 0 aromatic heterocycles. The normalized spacial score (nSPS) is 11.1. The van der Waals surface area contributed by atoms with E-state index in [1.165, 1.54) is 9.87 Å². The number of nitrogens with zero attached hydrogens (tertiary/aromatic N) is 1. The molecule has 0 radical (unpaired) electrons. The number of ether oxygens (including phenoxy) is 1. The quantitative estimate of drug-likeness (QED) is 0.425. The first-order chi connectivity index (χ1) is 15.9. The van der Waals surface area contributed by atoms with Crippen LogP contribution in [0.25, 0.3) is 0 Å². The number of anilines is 1. The molecule has 33 heavy (non-hydrogen) atoms. The first-order valence-corrected chi connectivity index (χ1v) is 12.8. The monoisotopic (exact) mass is 466 g/mol. The molecule has 0 bridgehead atoms. The Balaban J connectivity index is 1.66. The molecule has 7 heteroatoms. The largest absolute Gasteiger partial charge is 0.492 e. The van der Waals surface area contributed by atoms with Crippen LogP contribution in [0.15, 0.2) is 78.9 Å². The highest BCUT2D eigenvalue weighted by molar-refractivity contribution is 7.92. The van der Waals surface area contributed by atoms with E-state index in [0.717, 1.165) is 30.4 Å². The van der Waals surface area contributed by atoms with E-state index >= 15 is 0 Å². The number of rotatable bonds is 11. The molecule has 1 amide bonds. The van der Waals surface area contributed by atoms with Crippen molar-refractivity contribution in [1.29, 1.82) is 0 Å². The molecule has 174 valence electrons. The molecule has 0 aliphatic rings. The van der Waals surface area contributed by atoms with Crippen LogP contribution in [0.2, 0.25) is 0 Å². The molecule has 0 atom stereocenters. The number of para-hydroxylation sites is 1. The summed E-state index contributed by atoms with van der Waals surface area (Å²) in [6.45, 7) is 2.88. The van der Waals surface area contributed by atoms with E-state index in [9.17, 15) is 13.2 Å². The second kappa shape index (κ2) is 11.5. The highest BCUT2D eigenvalue weighted by Crippen LogP contribution is 2.25. The van der Waals surface area contributed by atoms with E-state index in [-0.39, 0.29) is 12.5 Å². The molecule has 0 spiro atoms. The van der Waals surface area contributed by atoms with E-state index < -0.39 is 10.0 Å². The highest BCUT2D eigenvalue weighted by Gasteiger charge is 2.23. The summed E-state index contributed by atoms with van der Waals surface area (Å²) in [5.41, 5.74) is 2.73. The lowest BCUT2D eigenvalue weighted by molar-refractivity contribution is 0.0947. The van der Waals surface area contributed by atoms with Crippen molar-refractivity contribution in [3.8, 4) is 5.75 Å². The lowest BCUT2D eigenvalue weighted by Gasteiger charge is -2.24. The Labute approximate surface area is 196 Å². The number of nitrogens with one attached hydrogen (secondary N) is 1. The summed E-state index contributed by atoms with van der Waals surface area (Å²) >= 11 is 0. The summed E-state index contributed by atoms with van der Waals surface area (Å²) in [7, 11) is -3.61. The van der Waals surface area contributed by atoms with Crippen molar-refractivity contribution in [2.45, 2.75) is 26.3 Å². The van der Waals surface area contributed by atoms with Gasteiger partial charge < -0.3 is 10.1 Å². The van der Waals surface area contributed by atoms with Crippen molar-refractivity contribution in [2.75, 3.05) is 23.7 Å².